The highest BCUT2D eigenvalue weighted by atomic mass is 32.2. The third-order valence-corrected chi connectivity index (χ3v) is 5.71. The summed E-state index contributed by atoms with van der Waals surface area (Å²) in [5.74, 6) is 1.26. The third-order valence-electron chi connectivity index (χ3n) is 4.72. The highest BCUT2D eigenvalue weighted by molar-refractivity contribution is 7.99. The van der Waals surface area contributed by atoms with Crippen LogP contribution in [0.15, 0.2) is 30.3 Å². The van der Waals surface area contributed by atoms with Crippen LogP contribution in [0.2, 0.25) is 0 Å². The summed E-state index contributed by atoms with van der Waals surface area (Å²) in [4.78, 5) is 26.5. The minimum absolute atomic E-state index is 0.00390. The van der Waals surface area contributed by atoms with Gasteiger partial charge in [-0.15, -0.1) is 0 Å². The first-order valence-corrected chi connectivity index (χ1v) is 9.40. The van der Waals surface area contributed by atoms with Crippen molar-refractivity contribution < 1.29 is 9.59 Å². The van der Waals surface area contributed by atoms with E-state index in [0.29, 0.717) is 25.9 Å². The summed E-state index contributed by atoms with van der Waals surface area (Å²) < 4.78 is 0. The largest absolute Gasteiger partial charge is 0.338 e. The number of thioether (sulfide) groups is 1. The molecule has 5 nitrogen and oxygen atoms in total. The van der Waals surface area contributed by atoms with Gasteiger partial charge in [0, 0.05) is 19.5 Å². The molecular weight excluding hydrogens is 322 g/mol. The van der Waals surface area contributed by atoms with E-state index in [4.69, 9.17) is 0 Å². The van der Waals surface area contributed by atoms with Crippen molar-refractivity contribution in [2.75, 3.05) is 18.1 Å². The lowest BCUT2D eigenvalue weighted by Crippen LogP contribution is -2.51. The molecule has 24 heavy (non-hydrogen) atoms. The van der Waals surface area contributed by atoms with E-state index in [2.05, 4.69) is 11.4 Å². The molecule has 2 heterocycles. The topological polar surface area (TPSA) is 73.2 Å². The molecule has 2 aliphatic rings. The van der Waals surface area contributed by atoms with Gasteiger partial charge in [-0.2, -0.15) is 17.0 Å². The van der Waals surface area contributed by atoms with Crippen molar-refractivity contribution in [2.45, 2.75) is 31.3 Å². The molecule has 1 aromatic rings. The van der Waals surface area contributed by atoms with Crippen LogP contribution in [0.25, 0.3) is 0 Å². The van der Waals surface area contributed by atoms with E-state index in [9.17, 15) is 14.9 Å². The molecule has 0 spiro atoms. The number of rotatable bonds is 4. The molecule has 2 amide bonds. The van der Waals surface area contributed by atoms with Gasteiger partial charge in [-0.1, -0.05) is 30.3 Å². The number of carbonyl (C=O) groups excluding carboxylic acids is 2. The molecule has 2 saturated heterocycles. The lowest BCUT2D eigenvalue weighted by atomic mass is 9.93. The number of hydrogen-bond acceptors (Lipinski definition) is 4. The van der Waals surface area contributed by atoms with Gasteiger partial charge in [0.05, 0.1) is 12.0 Å². The average molecular weight is 343 g/mol. The number of amides is 2. The second-order valence-electron chi connectivity index (χ2n) is 6.46. The Morgan fingerprint density at radius 3 is 2.71 bits per heavy atom. The molecule has 126 valence electrons. The van der Waals surface area contributed by atoms with Gasteiger partial charge < -0.3 is 10.2 Å². The number of nitriles is 1. The van der Waals surface area contributed by atoms with Crippen LogP contribution in [0, 0.1) is 17.2 Å². The zero-order valence-corrected chi connectivity index (χ0v) is 14.3. The van der Waals surface area contributed by atoms with Crippen molar-refractivity contribution in [3.05, 3.63) is 35.9 Å². The van der Waals surface area contributed by atoms with Crippen molar-refractivity contribution >= 4 is 23.6 Å². The van der Waals surface area contributed by atoms with E-state index in [-0.39, 0.29) is 24.2 Å². The summed E-state index contributed by atoms with van der Waals surface area (Å²) in [6.07, 6.45) is 1.58. The summed E-state index contributed by atoms with van der Waals surface area (Å²) in [7, 11) is 0. The summed E-state index contributed by atoms with van der Waals surface area (Å²) in [6, 6.07) is 12.1. The maximum absolute atomic E-state index is 12.6. The van der Waals surface area contributed by atoms with Crippen LogP contribution in [0.4, 0.5) is 0 Å². The van der Waals surface area contributed by atoms with Gasteiger partial charge in [0.1, 0.15) is 5.54 Å². The van der Waals surface area contributed by atoms with E-state index in [1.54, 1.807) is 4.90 Å². The molecule has 0 aromatic heterocycles. The van der Waals surface area contributed by atoms with Crippen LogP contribution < -0.4 is 5.32 Å². The Balaban J connectivity index is 1.60. The molecule has 0 aliphatic carbocycles. The summed E-state index contributed by atoms with van der Waals surface area (Å²) in [5, 5.41) is 12.4. The van der Waals surface area contributed by atoms with Gasteiger partial charge >= 0.3 is 0 Å². The van der Waals surface area contributed by atoms with Crippen molar-refractivity contribution in [3.8, 4) is 6.07 Å². The fourth-order valence-corrected chi connectivity index (χ4v) is 4.42. The molecule has 1 aromatic carbocycles. The van der Waals surface area contributed by atoms with E-state index < -0.39 is 5.54 Å². The Bertz CT molecular complexity index is 650. The normalized spacial score (nSPS) is 22.9. The van der Waals surface area contributed by atoms with E-state index in [1.807, 2.05) is 42.1 Å². The van der Waals surface area contributed by atoms with Crippen LogP contribution in [0.3, 0.4) is 0 Å². The van der Waals surface area contributed by atoms with Gasteiger partial charge in [-0.05, 0) is 29.9 Å². The Labute approximate surface area is 146 Å². The minimum atomic E-state index is -0.752. The van der Waals surface area contributed by atoms with Crippen molar-refractivity contribution in [1.29, 1.82) is 5.26 Å². The Morgan fingerprint density at radius 1 is 1.33 bits per heavy atom. The van der Waals surface area contributed by atoms with Crippen molar-refractivity contribution in [1.82, 2.24) is 10.2 Å². The summed E-state index contributed by atoms with van der Waals surface area (Å²) >= 11 is 1.81. The molecule has 0 saturated carbocycles. The monoisotopic (exact) mass is 343 g/mol. The molecule has 1 N–H and O–H groups in total. The highest BCUT2D eigenvalue weighted by Gasteiger charge is 2.39. The molecule has 3 rings (SSSR count). The minimum Gasteiger partial charge on any atom is -0.338 e. The Kier molecular flexibility index (Phi) is 5.10. The fourth-order valence-electron chi connectivity index (χ4n) is 3.23. The predicted octanol–water partition coefficient (Wildman–Crippen LogP) is 1.94. The van der Waals surface area contributed by atoms with Gasteiger partial charge in [0.2, 0.25) is 11.8 Å². The number of hydrogen-bond donors (Lipinski definition) is 1. The first-order valence-electron chi connectivity index (χ1n) is 8.25. The molecule has 6 heteroatoms. The Morgan fingerprint density at radius 2 is 2.04 bits per heavy atom. The number of benzene rings is 1. The fraction of sp³-hybridized carbons (Fsp3) is 0.500. The highest BCUT2D eigenvalue weighted by Crippen LogP contribution is 2.28. The third kappa shape index (κ3) is 3.73. The summed E-state index contributed by atoms with van der Waals surface area (Å²) in [6.45, 7) is 0.958. The van der Waals surface area contributed by atoms with Crippen molar-refractivity contribution in [3.63, 3.8) is 0 Å². The molecule has 2 fully saturated rings. The number of nitrogens with zero attached hydrogens (tertiary/aromatic N) is 2. The number of nitrogens with one attached hydrogen (secondary N) is 1. The standard InChI is InChI=1S/C18H21N3O2S/c19-13-18(6-8-24-9-7-18)20-17(23)15-10-16(22)21(12-15)11-14-4-2-1-3-5-14/h1-5,15H,6-12H2,(H,20,23). The van der Waals surface area contributed by atoms with E-state index in [0.717, 1.165) is 17.1 Å². The van der Waals surface area contributed by atoms with Crippen LogP contribution in [-0.4, -0.2) is 40.3 Å². The first kappa shape index (κ1) is 16.8. The Hall–Kier alpha value is -2.00. The van der Waals surface area contributed by atoms with Crippen LogP contribution in [0.1, 0.15) is 24.8 Å². The van der Waals surface area contributed by atoms with Crippen LogP contribution >= 0.6 is 11.8 Å². The van der Waals surface area contributed by atoms with Crippen LogP contribution in [-0.2, 0) is 16.1 Å². The molecule has 0 bridgehead atoms. The summed E-state index contributed by atoms with van der Waals surface area (Å²) in [5.41, 5.74) is 0.308. The second-order valence-corrected chi connectivity index (χ2v) is 7.68. The van der Waals surface area contributed by atoms with Gasteiger partial charge in [0.25, 0.3) is 0 Å². The quantitative estimate of drug-likeness (QED) is 0.907. The molecular formula is C18H21N3O2S. The molecule has 1 atom stereocenters. The molecule has 1 unspecified atom stereocenters. The average Bonchev–Trinajstić information content (AvgIpc) is 2.97. The SMILES string of the molecule is N#CC1(NC(=O)C2CC(=O)N(Cc3ccccc3)C2)CCSCC1. The lowest BCUT2D eigenvalue weighted by molar-refractivity contribution is -0.129. The lowest BCUT2D eigenvalue weighted by Gasteiger charge is -2.32. The van der Waals surface area contributed by atoms with Gasteiger partial charge in [0.15, 0.2) is 0 Å². The van der Waals surface area contributed by atoms with E-state index in [1.165, 1.54) is 0 Å². The number of carbonyl (C=O) groups is 2. The van der Waals surface area contributed by atoms with E-state index >= 15 is 0 Å². The zero-order chi connectivity index (χ0) is 17.0. The predicted molar refractivity (Wildman–Crippen MR) is 93.0 cm³/mol. The maximum atomic E-state index is 12.6. The smallest absolute Gasteiger partial charge is 0.226 e. The molecule has 2 aliphatic heterocycles. The number of likely N-dealkylation sites (tertiary alicyclic amines) is 1. The van der Waals surface area contributed by atoms with Gasteiger partial charge in [-0.3, -0.25) is 9.59 Å². The van der Waals surface area contributed by atoms with Gasteiger partial charge in [-0.25, -0.2) is 0 Å². The maximum Gasteiger partial charge on any atom is 0.226 e. The molecule has 0 radical (unpaired) electrons. The second kappa shape index (κ2) is 7.27. The first-order chi connectivity index (χ1) is 11.6. The van der Waals surface area contributed by atoms with Crippen molar-refractivity contribution in [2.24, 2.45) is 5.92 Å². The van der Waals surface area contributed by atoms with Crippen LogP contribution in [0.5, 0.6) is 0 Å². The zero-order valence-electron chi connectivity index (χ0n) is 13.5.